The van der Waals surface area contributed by atoms with E-state index < -0.39 is 11.9 Å². The molecule has 2 amide bonds. The zero-order valence-corrected chi connectivity index (χ0v) is 14.5. The van der Waals surface area contributed by atoms with Gasteiger partial charge < -0.3 is 21.5 Å². The van der Waals surface area contributed by atoms with E-state index in [1.165, 1.54) is 0 Å². The van der Waals surface area contributed by atoms with Crippen LogP contribution in [-0.4, -0.2) is 24.5 Å². The average Bonchev–Trinajstić information content (AvgIpc) is 2.64. The topological polar surface area (TPSA) is 107 Å². The summed E-state index contributed by atoms with van der Waals surface area (Å²) in [5.74, 6) is 5.66. The van der Waals surface area contributed by atoms with E-state index in [0.29, 0.717) is 23.4 Å². The second-order valence-electron chi connectivity index (χ2n) is 5.57. The van der Waals surface area contributed by atoms with Crippen LogP contribution in [0.1, 0.15) is 29.3 Å². The molecular formula is C20H21N3O3. The highest BCUT2D eigenvalue weighted by molar-refractivity contribution is 5.97. The van der Waals surface area contributed by atoms with Gasteiger partial charge in [-0.25, -0.2) is 0 Å². The summed E-state index contributed by atoms with van der Waals surface area (Å²) in [6.45, 7) is 2.02. The van der Waals surface area contributed by atoms with E-state index in [0.717, 1.165) is 5.56 Å². The molecular weight excluding hydrogens is 330 g/mol. The molecule has 0 heterocycles. The number of anilines is 1. The normalized spacial score (nSPS) is 11.0. The highest BCUT2D eigenvalue weighted by Crippen LogP contribution is 2.12. The molecule has 0 radical (unpaired) electrons. The number of rotatable bonds is 6. The Morgan fingerprint density at radius 2 is 1.77 bits per heavy atom. The van der Waals surface area contributed by atoms with Gasteiger partial charge in [-0.15, -0.1) is 0 Å². The fourth-order valence-corrected chi connectivity index (χ4v) is 2.14. The number of ether oxygens (including phenoxy) is 1. The second kappa shape index (κ2) is 9.14. The molecule has 1 atom stereocenters. The lowest BCUT2D eigenvalue weighted by Gasteiger charge is -2.13. The largest absolute Gasteiger partial charge is 0.481 e. The highest BCUT2D eigenvalue weighted by atomic mass is 16.5. The Morgan fingerprint density at radius 3 is 2.35 bits per heavy atom. The van der Waals surface area contributed by atoms with Crippen molar-refractivity contribution in [1.82, 2.24) is 5.32 Å². The van der Waals surface area contributed by atoms with Crippen LogP contribution in [-0.2, 0) is 4.79 Å². The van der Waals surface area contributed by atoms with Crippen molar-refractivity contribution in [1.29, 1.82) is 0 Å². The van der Waals surface area contributed by atoms with Crippen molar-refractivity contribution in [3.8, 4) is 17.6 Å². The summed E-state index contributed by atoms with van der Waals surface area (Å²) in [5, 5.41) is 2.60. The number of carbonyl (C=O) groups excluding carboxylic acids is 2. The molecule has 26 heavy (non-hydrogen) atoms. The monoisotopic (exact) mass is 351 g/mol. The molecule has 134 valence electrons. The number of nitrogens with one attached hydrogen (secondary N) is 1. The molecule has 0 spiro atoms. The first kappa shape index (κ1) is 18.9. The molecule has 0 aromatic heterocycles. The number of hydrogen-bond donors (Lipinski definition) is 3. The lowest BCUT2D eigenvalue weighted by molar-refractivity contribution is -0.119. The Hall–Kier alpha value is -3.46. The van der Waals surface area contributed by atoms with E-state index in [1.807, 2.05) is 0 Å². The van der Waals surface area contributed by atoms with E-state index in [1.54, 1.807) is 55.5 Å². The van der Waals surface area contributed by atoms with Gasteiger partial charge in [-0.2, -0.15) is 0 Å². The molecule has 0 saturated heterocycles. The molecule has 6 heteroatoms. The zero-order chi connectivity index (χ0) is 18.9. The van der Waals surface area contributed by atoms with Gasteiger partial charge in [0.15, 0.2) is 0 Å². The predicted octanol–water partition coefficient (Wildman–Crippen LogP) is 1.69. The molecule has 6 nitrogen and oxygen atoms in total. The molecule has 2 aromatic rings. The van der Waals surface area contributed by atoms with E-state index in [9.17, 15) is 9.59 Å². The number of amides is 2. The first-order chi connectivity index (χ1) is 12.5. The van der Waals surface area contributed by atoms with Crippen molar-refractivity contribution in [2.24, 2.45) is 5.73 Å². The minimum absolute atomic E-state index is 0.239. The number of carbonyl (C=O) groups is 2. The summed E-state index contributed by atoms with van der Waals surface area (Å²) < 4.78 is 5.49. The third-order valence-electron chi connectivity index (χ3n) is 3.63. The first-order valence-corrected chi connectivity index (χ1v) is 8.17. The fraction of sp³-hybridized carbons (Fsp3) is 0.200. The molecule has 0 saturated carbocycles. The Bertz CT molecular complexity index is 818. The Morgan fingerprint density at radius 1 is 1.12 bits per heavy atom. The number of hydrogen-bond acceptors (Lipinski definition) is 4. The molecule has 2 aromatic carbocycles. The van der Waals surface area contributed by atoms with Gasteiger partial charge in [0.25, 0.3) is 5.91 Å². The average molecular weight is 351 g/mol. The summed E-state index contributed by atoms with van der Waals surface area (Å²) >= 11 is 0. The lowest BCUT2D eigenvalue weighted by atomic mass is 10.1. The van der Waals surface area contributed by atoms with Crippen molar-refractivity contribution in [2.45, 2.75) is 19.4 Å². The third-order valence-corrected chi connectivity index (χ3v) is 3.63. The fourth-order valence-electron chi connectivity index (χ4n) is 2.14. The van der Waals surface area contributed by atoms with Crippen molar-refractivity contribution >= 4 is 17.5 Å². The van der Waals surface area contributed by atoms with Crippen LogP contribution in [0.25, 0.3) is 0 Å². The van der Waals surface area contributed by atoms with Crippen molar-refractivity contribution in [2.75, 3.05) is 12.3 Å². The summed E-state index contributed by atoms with van der Waals surface area (Å²) in [7, 11) is 0. The van der Waals surface area contributed by atoms with Crippen LogP contribution in [0.2, 0.25) is 0 Å². The summed E-state index contributed by atoms with van der Waals surface area (Å²) in [4.78, 5) is 23.3. The Kier molecular flexibility index (Phi) is 6.63. The van der Waals surface area contributed by atoms with Crippen LogP contribution in [0.5, 0.6) is 5.75 Å². The van der Waals surface area contributed by atoms with Gasteiger partial charge in [0.05, 0.1) is 0 Å². The van der Waals surface area contributed by atoms with Crippen LogP contribution in [0, 0.1) is 11.8 Å². The maximum atomic E-state index is 12.1. The van der Waals surface area contributed by atoms with Crippen LogP contribution < -0.4 is 21.5 Å². The van der Waals surface area contributed by atoms with E-state index in [-0.39, 0.29) is 12.5 Å². The number of benzene rings is 2. The first-order valence-electron chi connectivity index (χ1n) is 8.17. The quantitative estimate of drug-likeness (QED) is 0.544. The maximum absolute atomic E-state index is 12.1. The molecule has 0 aliphatic carbocycles. The minimum Gasteiger partial charge on any atom is -0.481 e. The minimum atomic E-state index is -0.674. The lowest BCUT2D eigenvalue weighted by Crippen LogP contribution is -2.43. The Labute approximate surface area is 152 Å². The van der Waals surface area contributed by atoms with Crippen molar-refractivity contribution in [3.05, 3.63) is 59.7 Å². The van der Waals surface area contributed by atoms with Crippen molar-refractivity contribution < 1.29 is 14.3 Å². The maximum Gasteiger partial charge on any atom is 0.251 e. The standard InChI is InChI=1S/C20H21N3O3/c1-2-18(19(22)24)23-20(25)15-7-5-14(6-8-15)4-3-13-26-17-11-9-16(21)10-12-17/h5-12,18H,2,13,21H2,1H3,(H2,22,24)(H,23,25). The number of nitrogens with two attached hydrogens (primary N) is 2. The van der Waals surface area contributed by atoms with Gasteiger partial charge in [-0.05, 0) is 55.0 Å². The third kappa shape index (κ3) is 5.56. The highest BCUT2D eigenvalue weighted by Gasteiger charge is 2.16. The van der Waals surface area contributed by atoms with Gasteiger partial charge in [0, 0.05) is 16.8 Å². The molecule has 0 aliphatic heterocycles. The van der Waals surface area contributed by atoms with Crippen LogP contribution >= 0.6 is 0 Å². The SMILES string of the molecule is CCC(NC(=O)c1ccc(C#CCOc2ccc(N)cc2)cc1)C(N)=O. The van der Waals surface area contributed by atoms with Crippen LogP contribution in [0.3, 0.4) is 0 Å². The van der Waals surface area contributed by atoms with Crippen LogP contribution in [0.15, 0.2) is 48.5 Å². The van der Waals surface area contributed by atoms with Gasteiger partial charge in [-0.1, -0.05) is 18.8 Å². The molecule has 5 N–H and O–H groups in total. The summed E-state index contributed by atoms with van der Waals surface area (Å²) in [6, 6.07) is 13.2. The Balaban J connectivity index is 1.90. The van der Waals surface area contributed by atoms with E-state index >= 15 is 0 Å². The molecule has 0 aliphatic rings. The van der Waals surface area contributed by atoms with Crippen molar-refractivity contribution in [3.63, 3.8) is 0 Å². The molecule has 0 fully saturated rings. The summed E-state index contributed by atoms with van der Waals surface area (Å²) in [5.41, 5.74) is 12.7. The molecule has 0 bridgehead atoms. The van der Waals surface area contributed by atoms with Gasteiger partial charge in [0.2, 0.25) is 5.91 Å². The van der Waals surface area contributed by atoms with Crippen LogP contribution in [0.4, 0.5) is 5.69 Å². The zero-order valence-electron chi connectivity index (χ0n) is 14.5. The van der Waals surface area contributed by atoms with E-state index in [2.05, 4.69) is 17.2 Å². The van der Waals surface area contributed by atoms with E-state index in [4.69, 9.17) is 16.2 Å². The molecule has 2 rings (SSSR count). The predicted molar refractivity (Wildman–Crippen MR) is 100 cm³/mol. The number of nitrogen functional groups attached to an aromatic ring is 1. The molecule has 1 unspecified atom stereocenters. The number of primary amides is 1. The van der Waals surface area contributed by atoms with Gasteiger partial charge >= 0.3 is 0 Å². The summed E-state index contributed by atoms with van der Waals surface area (Å²) in [6.07, 6.45) is 0.443. The van der Waals surface area contributed by atoms with Gasteiger partial charge in [0.1, 0.15) is 18.4 Å². The smallest absolute Gasteiger partial charge is 0.251 e. The second-order valence-corrected chi connectivity index (χ2v) is 5.57. The van der Waals surface area contributed by atoms with Gasteiger partial charge in [-0.3, -0.25) is 9.59 Å².